The van der Waals surface area contributed by atoms with E-state index in [1.165, 1.54) is 19.2 Å². The number of ether oxygens (including phenoxy) is 1. The maximum absolute atomic E-state index is 13.5. The Labute approximate surface area is 169 Å². The molecule has 0 unspecified atom stereocenters. The standard InChI is InChI=1S/C23H19NO4S/c1-16-8-6-7-11-20(16)23(25)22-15-17-14-18(28-2)12-13-21(17)24(22)29(26,27)19-9-4-3-5-10-19/h3-15H,1-2H3. The second kappa shape index (κ2) is 7.22. The van der Waals surface area contributed by atoms with Crippen molar-refractivity contribution < 1.29 is 17.9 Å². The Kier molecular flexibility index (Phi) is 4.72. The Bertz CT molecular complexity index is 1320. The zero-order valence-electron chi connectivity index (χ0n) is 16.0. The van der Waals surface area contributed by atoms with E-state index in [-0.39, 0.29) is 16.4 Å². The minimum Gasteiger partial charge on any atom is -0.497 e. The van der Waals surface area contributed by atoms with Crippen LogP contribution >= 0.6 is 0 Å². The van der Waals surface area contributed by atoms with Crippen LogP contribution in [-0.4, -0.2) is 25.3 Å². The van der Waals surface area contributed by atoms with Crippen molar-refractivity contribution in [3.63, 3.8) is 0 Å². The van der Waals surface area contributed by atoms with Gasteiger partial charge in [0.05, 0.1) is 17.5 Å². The van der Waals surface area contributed by atoms with E-state index in [0.717, 1.165) is 9.54 Å². The molecule has 3 aromatic carbocycles. The fourth-order valence-corrected chi connectivity index (χ4v) is 4.91. The lowest BCUT2D eigenvalue weighted by atomic mass is 10.0. The van der Waals surface area contributed by atoms with Crippen LogP contribution < -0.4 is 4.74 Å². The molecule has 29 heavy (non-hydrogen) atoms. The maximum atomic E-state index is 13.5. The highest BCUT2D eigenvalue weighted by molar-refractivity contribution is 7.90. The minimum absolute atomic E-state index is 0.0893. The lowest BCUT2D eigenvalue weighted by Gasteiger charge is -2.12. The SMILES string of the molecule is COc1ccc2c(c1)cc(C(=O)c1ccccc1C)n2S(=O)(=O)c1ccccc1. The molecule has 5 nitrogen and oxygen atoms in total. The monoisotopic (exact) mass is 405 g/mol. The predicted molar refractivity (Wildman–Crippen MR) is 112 cm³/mol. The highest BCUT2D eigenvalue weighted by atomic mass is 32.2. The molecule has 146 valence electrons. The summed E-state index contributed by atoms with van der Waals surface area (Å²) in [5.41, 5.74) is 1.76. The molecule has 0 N–H and O–H groups in total. The number of aryl methyl sites for hydroxylation is 1. The first-order valence-electron chi connectivity index (χ1n) is 9.04. The molecule has 0 aliphatic heterocycles. The van der Waals surface area contributed by atoms with Crippen molar-refractivity contribution in [3.8, 4) is 5.75 Å². The molecule has 0 atom stereocenters. The highest BCUT2D eigenvalue weighted by Crippen LogP contribution is 2.30. The van der Waals surface area contributed by atoms with E-state index in [4.69, 9.17) is 4.74 Å². The summed E-state index contributed by atoms with van der Waals surface area (Å²) in [6.45, 7) is 1.83. The van der Waals surface area contributed by atoms with E-state index in [1.807, 2.05) is 19.1 Å². The summed E-state index contributed by atoms with van der Waals surface area (Å²) < 4.78 is 33.4. The van der Waals surface area contributed by atoms with E-state index < -0.39 is 10.0 Å². The molecule has 0 radical (unpaired) electrons. The molecule has 0 aliphatic carbocycles. The van der Waals surface area contributed by atoms with Crippen LogP contribution in [0, 0.1) is 6.92 Å². The molecule has 4 aromatic rings. The summed E-state index contributed by atoms with van der Waals surface area (Å²) in [5.74, 6) is 0.236. The van der Waals surface area contributed by atoms with Gasteiger partial charge in [0, 0.05) is 10.9 Å². The van der Waals surface area contributed by atoms with Gasteiger partial charge in [-0.2, -0.15) is 0 Å². The molecule has 0 bridgehead atoms. The summed E-state index contributed by atoms with van der Waals surface area (Å²) >= 11 is 0. The third-order valence-corrected chi connectivity index (χ3v) is 6.61. The Morgan fingerprint density at radius 2 is 1.59 bits per heavy atom. The summed E-state index contributed by atoms with van der Waals surface area (Å²) in [7, 11) is -2.44. The molecule has 0 spiro atoms. The van der Waals surface area contributed by atoms with Crippen molar-refractivity contribution >= 4 is 26.7 Å². The van der Waals surface area contributed by atoms with Crippen LogP contribution in [0.1, 0.15) is 21.6 Å². The van der Waals surface area contributed by atoms with Crippen LogP contribution in [-0.2, 0) is 10.0 Å². The lowest BCUT2D eigenvalue weighted by Crippen LogP contribution is -2.19. The van der Waals surface area contributed by atoms with Gasteiger partial charge in [-0.3, -0.25) is 4.79 Å². The number of methoxy groups -OCH3 is 1. The fourth-order valence-electron chi connectivity index (χ4n) is 3.38. The first kappa shape index (κ1) is 19.0. The van der Waals surface area contributed by atoms with E-state index >= 15 is 0 Å². The third kappa shape index (κ3) is 3.21. The summed E-state index contributed by atoms with van der Waals surface area (Å²) in [6, 6.07) is 21.9. The Morgan fingerprint density at radius 1 is 0.897 bits per heavy atom. The molecule has 0 saturated heterocycles. The topological polar surface area (TPSA) is 65.4 Å². The Balaban J connectivity index is 2.03. The van der Waals surface area contributed by atoms with Crippen molar-refractivity contribution in [2.45, 2.75) is 11.8 Å². The normalized spacial score (nSPS) is 11.5. The van der Waals surface area contributed by atoms with E-state index in [1.54, 1.807) is 54.6 Å². The van der Waals surface area contributed by atoms with Gasteiger partial charge >= 0.3 is 0 Å². The molecule has 0 fully saturated rings. The molecular weight excluding hydrogens is 386 g/mol. The lowest BCUT2D eigenvalue weighted by molar-refractivity contribution is 0.103. The largest absolute Gasteiger partial charge is 0.497 e. The van der Waals surface area contributed by atoms with Crippen LogP contribution in [0.5, 0.6) is 5.75 Å². The van der Waals surface area contributed by atoms with Gasteiger partial charge in [-0.05, 0) is 48.9 Å². The van der Waals surface area contributed by atoms with Crippen LogP contribution in [0.3, 0.4) is 0 Å². The molecular formula is C23H19NO4S. The third-order valence-electron chi connectivity index (χ3n) is 4.87. The van der Waals surface area contributed by atoms with Gasteiger partial charge < -0.3 is 4.74 Å². The van der Waals surface area contributed by atoms with Crippen molar-refractivity contribution in [2.24, 2.45) is 0 Å². The van der Waals surface area contributed by atoms with Crippen LogP contribution in [0.4, 0.5) is 0 Å². The number of rotatable bonds is 5. The number of carbonyl (C=O) groups is 1. The number of aromatic nitrogens is 1. The quantitative estimate of drug-likeness (QED) is 0.461. The highest BCUT2D eigenvalue weighted by Gasteiger charge is 2.27. The average molecular weight is 405 g/mol. The number of hydrogen-bond acceptors (Lipinski definition) is 4. The smallest absolute Gasteiger partial charge is 0.268 e. The van der Waals surface area contributed by atoms with Gasteiger partial charge in [-0.25, -0.2) is 12.4 Å². The second-order valence-corrected chi connectivity index (χ2v) is 8.47. The second-order valence-electron chi connectivity index (χ2n) is 6.68. The van der Waals surface area contributed by atoms with Gasteiger partial charge in [0.25, 0.3) is 10.0 Å². The molecule has 1 heterocycles. The van der Waals surface area contributed by atoms with Gasteiger partial charge in [0.2, 0.25) is 5.78 Å². The molecule has 0 aliphatic rings. The fraction of sp³-hybridized carbons (Fsp3) is 0.0870. The Hall–Kier alpha value is -3.38. The van der Waals surface area contributed by atoms with E-state index in [0.29, 0.717) is 22.2 Å². The number of hydrogen-bond donors (Lipinski definition) is 0. The number of benzene rings is 3. The Morgan fingerprint density at radius 3 is 2.28 bits per heavy atom. The molecule has 0 saturated carbocycles. The molecule has 6 heteroatoms. The van der Waals surface area contributed by atoms with Gasteiger partial charge in [0.15, 0.2) is 0 Å². The molecule has 4 rings (SSSR count). The van der Waals surface area contributed by atoms with Gasteiger partial charge in [-0.15, -0.1) is 0 Å². The minimum atomic E-state index is -3.98. The maximum Gasteiger partial charge on any atom is 0.268 e. The first-order chi connectivity index (χ1) is 13.9. The number of carbonyl (C=O) groups excluding carboxylic acids is 1. The molecule has 1 aromatic heterocycles. The summed E-state index contributed by atoms with van der Waals surface area (Å²) in [5, 5.41) is 0.612. The summed E-state index contributed by atoms with van der Waals surface area (Å²) in [4.78, 5) is 13.5. The van der Waals surface area contributed by atoms with Crippen molar-refractivity contribution in [1.29, 1.82) is 0 Å². The predicted octanol–water partition coefficient (Wildman–Crippen LogP) is 4.43. The van der Waals surface area contributed by atoms with Crippen molar-refractivity contribution in [1.82, 2.24) is 3.97 Å². The van der Waals surface area contributed by atoms with Crippen LogP contribution in [0.2, 0.25) is 0 Å². The van der Waals surface area contributed by atoms with Crippen molar-refractivity contribution in [2.75, 3.05) is 7.11 Å². The van der Waals surface area contributed by atoms with Gasteiger partial charge in [-0.1, -0.05) is 42.5 Å². The van der Waals surface area contributed by atoms with Gasteiger partial charge in [0.1, 0.15) is 11.4 Å². The van der Waals surface area contributed by atoms with Crippen molar-refractivity contribution in [3.05, 3.63) is 95.7 Å². The molecule has 0 amide bonds. The number of nitrogens with zero attached hydrogens (tertiary/aromatic N) is 1. The number of ketones is 1. The average Bonchev–Trinajstić information content (AvgIpc) is 3.13. The van der Waals surface area contributed by atoms with E-state index in [9.17, 15) is 13.2 Å². The van der Waals surface area contributed by atoms with E-state index in [2.05, 4.69) is 0 Å². The first-order valence-corrected chi connectivity index (χ1v) is 10.5. The zero-order chi connectivity index (χ0) is 20.6. The van der Waals surface area contributed by atoms with Crippen LogP contribution in [0.25, 0.3) is 10.9 Å². The zero-order valence-corrected chi connectivity index (χ0v) is 16.8. The summed E-state index contributed by atoms with van der Waals surface area (Å²) in [6.07, 6.45) is 0. The number of fused-ring (bicyclic) bond motifs is 1. The van der Waals surface area contributed by atoms with Crippen LogP contribution in [0.15, 0.2) is 83.8 Å².